The second-order valence-corrected chi connectivity index (χ2v) is 52.8. The second kappa shape index (κ2) is 37.9. The third-order valence-corrected chi connectivity index (χ3v) is 27.8. The maximum absolute atomic E-state index is 2.41. The standard InChI is InChI=1S/C14H28.C14H22.C14H28.C14H22.2C13H26.2C11H22.H3P/c2*1-13(2,3)11-7-9-12(10-8-11)14(4,5)6;2*1-13(2,3)11-8-7-9-12(10-11)14(4,5)6;1-12(2,3)10-7-8-11(9-10)13(4,5)6;1-12(2,3)10-8-7-9-11(10)13(4,5)6;1-10(2,3)8-7-9(8)11(4,5)6;1-9(2,3)11(7-8-11)10(4,5)6;/h11-12H,7-10H2,1-6H3;7-10H,1-6H3;11-12H,7-10H2,1-6H3;7-10H,1-6H3;2*10-11H,7-9H2,1-6H3;8-9H,7H2,1-6H3;7-8H2,1-6H3;1H3. The molecule has 0 heterocycles. The first-order valence-corrected chi connectivity index (χ1v) is 43.9. The third kappa shape index (κ3) is 35.8. The fourth-order valence-corrected chi connectivity index (χ4v) is 19.0. The van der Waals surface area contributed by atoms with Gasteiger partial charge in [0.25, 0.3) is 0 Å². The first-order chi connectivity index (χ1) is 45.7. The molecule has 0 bridgehead atoms. The number of rotatable bonds is 0. The predicted octanol–water partition coefficient (Wildman–Crippen LogP) is 35.0. The highest BCUT2D eigenvalue weighted by molar-refractivity contribution is 6.92. The molecule has 2 aromatic rings. The summed E-state index contributed by atoms with van der Waals surface area (Å²) in [5.74, 6) is 9.54. The number of hydrogen-bond acceptors (Lipinski definition) is 0. The molecule has 0 amide bonds. The lowest BCUT2D eigenvalue weighted by Crippen LogP contribution is -2.34. The molecule has 105 heavy (non-hydrogen) atoms. The van der Waals surface area contributed by atoms with Gasteiger partial charge in [0.2, 0.25) is 0 Å². The van der Waals surface area contributed by atoms with Crippen molar-refractivity contribution in [2.24, 2.45) is 130 Å². The van der Waals surface area contributed by atoms with Crippen molar-refractivity contribution in [2.45, 2.75) is 463 Å². The first kappa shape index (κ1) is 104. The molecule has 2 aromatic carbocycles. The van der Waals surface area contributed by atoms with Crippen LogP contribution in [0, 0.1) is 130 Å². The normalized spacial score (nSPS) is 25.1. The van der Waals surface area contributed by atoms with Gasteiger partial charge < -0.3 is 0 Å². The number of hydrogen-bond donors (Lipinski definition) is 0. The zero-order valence-corrected chi connectivity index (χ0v) is 83.0. The quantitative estimate of drug-likeness (QED) is 0.231. The van der Waals surface area contributed by atoms with Crippen LogP contribution in [0.25, 0.3) is 0 Å². The van der Waals surface area contributed by atoms with Crippen LogP contribution in [0.2, 0.25) is 0 Å². The molecular weight excluding hydrogens is 1280 g/mol. The van der Waals surface area contributed by atoms with Crippen LogP contribution in [0.5, 0.6) is 0 Å². The molecule has 0 nitrogen and oxygen atoms in total. The van der Waals surface area contributed by atoms with E-state index in [9.17, 15) is 0 Å². The Morgan fingerprint density at radius 1 is 0.219 bits per heavy atom. The molecular formula is C104H199P. The van der Waals surface area contributed by atoms with Gasteiger partial charge in [0.15, 0.2) is 0 Å². The Morgan fingerprint density at radius 2 is 0.429 bits per heavy atom. The maximum atomic E-state index is 2.41. The Balaban J connectivity index is 0.00000118. The van der Waals surface area contributed by atoms with E-state index in [1.807, 2.05) is 0 Å². The van der Waals surface area contributed by atoms with Crippen molar-refractivity contribution in [3.8, 4) is 0 Å². The summed E-state index contributed by atoms with van der Waals surface area (Å²) in [6.07, 6.45) is 24.6. The average Bonchev–Trinajstić information content (AvgIpc) is 1.57. The van der Waals surface area contributed by atoms with Crippen LogP contribution in [-0.2, 0) is 21.7 Å². The lowest BCUT2D eigenvalue weighted by Gasteiger charge is -2.42. The summed E-state index contributed by atoms with van der Waals surface area (Å²) < 4.78 is 0. The van der Waals surface area contributed by atoms with E-state index in [0.717, 1.165) is 59.2 Å². The third-order valence-electron chi connectivity index (χ3n) is 27.8. The molecule has 0 radical (unpaired) electrons. The van der Waals surface area contributed by atoms with Crippen LogP contribution in [0.15, 0.2) is 48.5 Å². The van der Waals surface area contributed by atoms with E-state index in [0.29, 0.717) is 70.4 Å². The van der Waals surface area contributed by atoms with E-state index in [2.05, 4.69) is 381 Å². The van der Waals surface area contributed by atoms with E-state index < -0.39 is 0 Å². The van der Waals surface area contributed by atoms with E-state index in [4.69, 9.17) is 0 Å². The summed E-state index contributed by atoms with van der Waals surface area (Å²) in [5.41, 5.74) is 13.5. The highest BCUT2D eigenvalue weighted by Crippen LogP contribution is 2.68. The molecule has 0 spiro atoms. The molecule has 0 aliphatic heterocycles. The monoisotopic (exact) mass is 1480 g/mol. The molecule has 9 atom stereocenters. The van der Waals surface area contributed by atoms with Gasteiger partial charge in [0.1, 0.15) is 0 Å². The van der Waals surface area contributed by atoms with Gasteiger partial charge in [-0.15, -0.1) is 0 Å². The summed E-state index contributed by atoms with van der Waals surface area (Å²) in [6.45, 7) is 113. The lowest BCUT2D eigenvalue weighted by atomic mass is 9.63. The molecule has 620 valence electrons. The Kier molecular flexibility index (Phi) is 37.5. The van der Waals surface area contributed by atoms with Crippen molar-refractivity contribution >= 4 is 9.90 Å². The second-order valence-electron chi connectivity index (χ2n) is 52.8. The SMILES string of the molecule is CC(C)(C)C1(C(C)(C)C)CC1.CC(C)(C)C1CC1C(C)(C)C.CC(C)(C)C1CCC(C(C)(C)C)C1.CC(C)(C)C1CCC(C(C)(C)C)CC1.CC(C)(C)C1CCCC(C(C)(C)C)C1.CC(C)(C)C1CCCC1C(C)(C)C.CC(C)(C)c1ccc(C(C)(C)C)cc1.CC(C)(C)c1cccc(C(C)(C)C)c1.P. The van der Waals surface area contributed by atoms with Gasteiger partial charge in [0.05, 0.1) is 0 Å². The van der Waals surface area contributed by atoms with E-state index in [1.54, 1.807) is 0 Å². The van der Waals surface area contributed by atoms with E-state index in [-0.39, 0.29) is 31.6 Å². The van der Waals surface area contributed by atoms with Crippen LogP contribution in [0.1, 0.15) is 464 Å². The van der Waals surface area contributed by atoms with Crippen LogP contribution in [-0.4, -0.2) is 0 Å². The summed E-state index contributed by atoms with van der Waals surface area (Å²) >= 11 is 0. The molecule has 1 heteroatoms. The fourth-order valence-electron chi connectivity index (χ4n) is 19.0. The molecule has 0 aromatic heterocycles. The Hall–Kier alpha value is -1.13. The fraction of sp³-hybridized carbons (Fsp3) is 0.885. The van der Waals surface area contributed by atoms with Crippen molar-refractivity contribution in [1.82, 2.24) is 0 Å². The Morgan fingerprint density at radius 3 is 0.590 bits per heavy atom. The number of benzene rings is 2. The van der Waals surface area contributed by atoms with Crippen LogP contribution in [0.4, 0.5) is 0 Å². The van der Waals surface area contributed by atoms with Gasteiger partial charge in [-0.2, -0.15) is 9.90 Å². The van der Waals surface area contributed by atoms with Gasteiger partial charge in [-0.25, -0.2) is 0 Å². The van der Waals surface area contributed by atoms with Gasteiger partial charge in [-0.3, -0.25) is 0 Å². The topological polar surface area (TPSA) is 0 Å². The lowest BCUT2D eigenvalue weighted by molar-refractivity contribution is 0.0745. The van der Waals surface area contributed by atoms with Crippen molar-refractivity contribution in [2.75, 3.05) is 0 Å². The minimum Gasteiger partial charge on any atom is -0.153 e. The molecule has 8 rings (SSSR count). The molecule has 0 saturated heterocycles. The minimum atomic E-state index is 0. The summed E-state index contributed by atoms with van der Waals surface area (Å²) in [4.78, 5) is 0. The summed E-state index contributed by atoms with van der Waals surface area (Å²) in [7, 11) is 0. The van der Waals surface area contributed by atoms with Gasteiger partial charge in [-0.1, -0.05) is 394 Å². The molecule has 0 N–H and O–H groups in total. The van der Waals surface area contributed by atoms with Crippen molar-refractivity contribution in [1.29, 1.82) is 0 Å². The van der Waals surface area contributed by atoms with Crippen LogP contribution in [0.3, 0.4) is 0 Å². The summed E-state index contributed by atoms with van der Waals surface area (Å²) in [5, 5.41) is 0. The molecule has 9 unspecified atom stereocenters. The Labute approximate surface area is 669 Å². The zero-order chi connectivity index (χ0) is 82.3. The van der Waals surface area contributed by atoms with Gasteiger partial charge in [0, 0.05) is 0 Å². The van der Waals surface area contributed by atoms with Crippen molar-refractivity contribution in [3.05, 3.63) is 70.8 Å². The minimum absolute atomic E-state index is 0. The van der Waals surface area contributed by atoms with Gasteiger partial charge in [-0.05, 0) is 270 Å². The maximum Gasteiger partial charge on any atom is -0.0132 e. The first-order valence-electron chi connectivity index (χ1n) is 43.9. The molecule has 6 aliphatic rings. The smallest absolute Gasteiger partial charge is 0.0132 e. The van der Waals surface area contributed by atoms with Crippen LogP contribution < -0.4 is 0 Å². The molecule has 6 saturated carbocycles. The predicted molar refractivity (Wildman–Crippen MR) is 488 cm³/mol. The summed E-state index contributed by atoms with van der Waals surface area (Å²) in [6, 6.07) is 17.9. The highest BCUT2D eigenvalue weighted by atomic mass is 31.0. The Bertz CT molecular complexity index is 2540. The van der Waals surface area contributed by atoms with E-state index >= 15 is 0 Å². The van der Waals surface area contributed by atoms with Crippen molar-refractivity contribution in [3.63, 3.8) is 0 Å². The van der Waals surface area contributed by atoms with Gasteiger partial charge >= 0.3 is 0 Å². The zero-order valence-electron chi connectivity index (χ0n) is 81.6. The molecule has 6 aliphatic carbocycles. The molecule has 6 fully saturated rings. The highest BCUT2D eigenvalue weighted by Gasteiger charge is 2.58. The van der Waals surface area contributed by atoms with E-state index in [1.165, 1.54) is 131 Å². The van der Waals surface area contributed by atoms with Crippen LogP contribution >= 0.6 is 9.90 Å². The largest absolute Gasteiger partial charge is 0.153 e. The average molecular weight is 1480 g/mol. The van der Waals surface area contributed by atoms with Crippen molar-refractivity contribution < 1.29 is 0 Å².